The highest BCUT2D eigenvalue weighted by Crippen LogP contribution is 2.35. The van der Waals surface area contributed by atoms with Crippen LogP contribution in [0.25, 0.3) is 0 Å². The van der Waals surface area contributed by atoms with Crippen molar-refractivity contribution in [3.8, 4) is 0 Å². The summed E-state index contributed by atoms with van der Waals surface area (Å²) < 4.78 is 5.85. The van der Waals surface area contributed by atoms with E-state index in [0.29, 0.717) is 17.8 Å². The van der Waals surface area contributed by atoms with Crippen molar-refractivity contribution in [2.75, 3.05) is 0 Å². The van der Waals surface area contributed by atoms with E-state index in [0.717, 1.165) is 19.3 Å². The summed E-state index contributed by atoms with van der Waals surface area (Å²) in [4.78, 5) is 12.4. The molecule has 0 saturated heterocycles. The first kappa shape index (κ1) is 16.4. The molecule has 1 amide bonds. The van der Waals surface area contributed by atoms with Gasteiger partial charge < -0.3 is 10.1 Å². The van der Waals surface area contributed by atoms with Crippen LogP contribution in [0.15, 0.2) is 24.3 Å². The minimum atomic E-state index is -0.229. The van der Waals surface area contributed by atoms with E-state index in [-0.39, 0.29) is 18.2 Å². The topological polar surface area (TPSA) is 38.3 Å². The van der Waals surface area contributed by atoms with Gasteiger partial charge in [-0.15, -0.1) is 0 Å². The summed E-state index contributed by atoms with van der Waals surface area (Å²) in [6.07, 6.45) is 5.10. The van der Waals surface area contributed by atoms with Gasteiger partial charge in [-0.2, -0.15) is 0 Å². The molecule has 0 unspecified atom stereocenters. The van der Waals surface area contributed by atoms with E-state index in [4.69, 9.17) is 4.74 Å². The zero-order valence-electron chi connectivity index (χ0n) is 14.5. The van der Waals surface area contributed by atoms with Gasteiger partial charge in [0, 0.05) is 6.04 Å². The fraction of sp³-hybridized carbons (Fsp3) is 0.650. The van der Waals surface area contributed by atoms with E-state index < -0.39 is 0 Å². The van der Waals surface area contributed by atoms with Crippen LogP contribution >= 0.6 is 0 Å². The molecule has 0 aliphatic heterocycles. The smallest absolute Gasteiger partial charge is 0.407 e. The first-order valence-corrected chi connectivity index (χ1v) is 9.07. The number of hydrogen-bond donors (Lipinski definition) is 1. The van der Waals surface area contributed by atoms with Crippen LogP contribution in [0.2, 0.25) is 0 Å². The molecule has 1 saturated carbocycles. The van der Waals surface area contributed by atoms with Crippen LogP contribution in [0.1, 0.15) is 51.2 Å². The molecule has 1 fully saturated rings. The van der Waals surface area contributed by atoms with Gasteiger partial charge in [-0.05, 0) is 54.6 Å². The second-order valence-electron chi connectivity index (χ2n) is 7.79. The molecule has 126 valence electrons. The van der Waals surface area contributed by atoms with Crippen LogP contribution in [0.4, 0.5) is 4.79 Å². The normalized spacial score (nSPS) is 27.7. The largest absolute Gasteiger partial charge is 0.446 e. The summed E-state index contributed by atoms with van der Waals surface area (Å²) in [5, 5.41) is 3.09. The Morgan fingerprint density at radius 3 is 2.43 bits per heavy atom. The van der Waals surface area contributed by atoms with E-state index in [1.807, 2.05) is 0 Å². The number of alkyl carbamates (subject to hydrolysis) is 1. The number of hydrogen-bond acceptors (Lipinski definition) is 2. The lowest BCUT2D eigenvalue weighted by Gasteiger charge is -2.36. The highest BCUT2D eigenvalue weighted by Gasteiger charge is 2.34. The molecule has 1 aromatic rings. The zero-order chi connectivity index (χ0) is 16.4. The van der Waals surface area contributed by atoms with Gasteiger partial charge in [0.15, 0.2) is 0 Å². The predicted octanol–water partition coefficient (Wildman–Crippen LogP) is 4.34. The third kappa shape index (κ3) is 3.88. The van der Waals surface area contributed by atoms with Crippen LogP contribution in [-0.2, 0) is 17.6 Å². The minimum absolute atomic E-state index is 0.0718. The van der Waals surface area contributed by atoms with Gasteiger partial charge in [-0.25, -0.2) is 4.79 Å². The van der Waals surface area contributed by atoms with Crippen LogP contribution in [-0.4, -0.2) is 18.2 Å². The Balaban J connectivity index is 1.55. The molecule has 1 N–H and O–H groups in total. The summed E-state index contributed by atoms with van der Waals surface area (Å²) in [7, 11) is 0. The van der Waals surface area contributed by atoms with Crippen molar-refractivity contribution >= 4 is 6.09 Å². The van der Waals surface area contributed by atoms with E-state index in [1.54, 1.807) is 0 Å². The molecule has 0 spiro atoms. The number of rotatable bonds is 3. The van der Waals surface area contributed by atoms with Gasteiger partial charge in [0.05, 0.1) is 0 Å². The summed E-state index contributed by atoms with van der Waals surface area (Å²) in [6.45, 7) is 6.74. The van der Waals surface area contributed by atoms with Crippen molar-refractivity contribution in [3.63, 3.8) is 0 Å². The number of carbonyl (C=O) groups is 1. The molecule has 3 nitrogen and oxygen atoms in total. The van der Waals surface area contributed by atoms with E-state index in [1.165, 1.54) is 24.0 Å². The second kappa shape index (κ2) is 6.94. The van der Waals surface area contributed by atoms with Gasteiger partial charge >= 0.3 is 6.09 Å². The maximum atomic E-state index is 12.4. The molecular formula is C20H29NO2. The van der Waals surface area contributed by atoms with Crippen molar-refractivity contribution in [1.29, 1.82) is 0 Å². The maximum absolute atomic E-state index is 12.4. The average molecular weight is 315 g/mol. The fourth-order valence-electron chi connectivity index (χ4n) is 4.25. The van der Waals surface area contributed by atoms with Crippen molar-refractivity contribution in [2.24, 2.45) is 17.8 Å². The molecule has 0 heterocycles. The average Bonchev–Trinajstić information content (AvgIpc) is 2.88. The van der Waals surface area contributed by atoms with Crippen molar-refractivity contribution < 1.29 is 9.53 Å². The highest BCUT2D eigenvalue weighted by atomic mass is 16.6. The van der Waals surface area contributed by atoms with E-state index >= 15 is 0 Å². The number of amides is 1. The number of benzene rings is 1. The Kier molecular flexibility index (Phi) is 4.93. The van der Waals surface area contributed by atoms with Crippen LogP contribution in [0.3, 0.4) is 0 Å². The van der Waals surface area contributed by atoms with Crippen LogP contribution in [0.5, 0.6) is 0 Å². The van der Waals surface area contributed by atoms with Gasteiger partial charge in [0.2, 0.25) is 0 Å². The molecule has 3 heteroatoms. The number of ether oxygens (including phenoxy) is 1. The molecule has 0 bridgehead atoms. The SMILES string of the molecule is CC(C)[C@@H]1CC[C@@H](C)C[C@H]1OC(=O)NC1Cc2ccccc2C1. The van der Waals surface area contributed by atoms with E-state index in [9.17, 15) is 4.79 Å². The van der Waals surface area contributed by atoms with Gasteiger partial charge in [-0.1, -0.05) is 51.5 Å². The molecular weight excluding hydrogens is 286 g/mol. The lowest BCUT2D eigenvalue weighted by Crippen LogP contribution is -2.42. The van der Waals surface area contributed by atoms with Crippen molar-refractivity contribution in [3.05, 3.63) is 35.4 Å². The monoisotopic (exact) mass is 315 g/mol. The second-order valence-corrected chi connectivity index (χ2v) is 7.79. The molecule has 3 rings (SSSR count). The van der Waals surface area contributed by atoms with Gasteiger partial charge in [-0.3, -0.25) is 0 Å². The Labute approximate surface area is 139 Å². The van der Waals surface area contributed by atoms with Gasteiger partial charge in [0.1, 0.15) is 6.10 Å². The molecule has 23 heavy (non-hydrogen) atoms. The van der Waals surface area contributed by atoms with Crippen LogP contribution < -0.4 is 5.32 Å². The Hall–Kier alpha value is -1.51. The lowest BCUT2D eigenvalue weighted by atomic mass is 9.75. The van der Waals surface area contributed by atoms with Crippen molar-refractivity contribution in [1.82, 2.24) is 5.32 Å². The molecule has 1 aromatic carbocycles. The molecule has 2 aliphatic rings. The van der Waals surface area contributed by atoms with Gasteiger partial charge in [0.25, 0.3) is 0 Å². The Bertz CT molecular complexity index is 529. The Morgan fingerprint density at radius 2 is 1.83 bits per heavy atom. The summed E-state index contributed by atoms with van der Waals surface area (Å²) in [5.41, 5.74) is 2.70. The first-order chi connectivity index (χ1) is 11.0. The number of fused-ring (bicyclic) bond motifs is 1. The van der Waals surface area contributed by atoms with E-state index in [2.05, 4.69) is 50.4 Å². The summed E-state index contributed by atoms with van der Waals surface area (Å²) in [5.74, 6) is 1.72. The Morgan fingerprint density at radius 1 is 1.17 bits per heavy atom. The first-order valence-electron chi connectivity index (χ1n) is 9.07. The quantitative estimate of drug-likeness (QED) is 0.901. The zero-order valence-corrected chi connectivity index (χ0v) is 14.5. The number of nitrogens with one attached hydrogen (secondary N) is 1. The lowest BCUT2D eigenvalue weighted by molar-refractivity contribution is 0.00511. The summed E-state index contributed by atoms with van der Waals surface area (Å²) >= 11 is 0. The maximum Gasteiger partial charge on any atom is 0.407 e. The minimum Gasteiger partial charge on any atom is -0.446 e. The third-order valence-electron chi connectivity index (χ3n) is 5.59. The molecule has 0 radical (unpaired) electrons. The predicted molar refractivity (Wildman–Crippen MR) is 92.4 cm³/mol. The summed E-state index contributed by atoms with van der Waals surface area (Å²) in [6, 6.07) is 8.62. The fourth-order valence-corrected chi connectivity index (χ4v) is 4.25. The molecule has 3 atom stereocenters. The molecule has 0 aromatic heterocycles. The van der Waals surface area contributed by atoms with Crippen LogP contribution in [0, 0.1) is 17.8 Å². The molecule has 2 aliphatic carbocycles. The standard InChI is InChI=1S/C20H29NO2/c1-13(2)18-9-8-14(3)10-19(18)23-20(22)21-17-11-15-6-4-5-7-16(15)12-17/h4-7,13-14,17-19H,8-12H2,1-3H3,(H,21,22)/t14-,18+,19-/m1/s1. The third-order valence-corrected chi connectivity index (χ3v) is 5.59. The highest BCUT2D eigenvalue weighted by molar-refractivity contribution is 5.68. The number of carbonyl (C=O) groups excluding carboxylic acids is 1. The van der Waals surface area contributed by atoms with Crippen molar-refractivity contribution in [2.45, 2.75) is 65.0 Å².